The first-order chi connectivity index (χ1) is 12.7. The number of benzene rings is 1. The molecule has 4 rings (SSSR count). The highest BCUT2D eigenvalue weighted by atomic mass is 16.4. The van der Waals surface area contributed by atoms with Crippen molar-refractivity contribution in [2.24, 2.45) is 0 Å². The second kappa shape index (κ2) is 6.60. The number of hydrogen-bond acceptors (Lipinski definition) is 6. The highest BCUT2D eigenvalue weighted by Gasteiger charge is 2.14. The van der Waals surface area contributed by atoms with E-state index in [-0.39, 0.29) is 12.1 Å². The summed E-state index contributed by atoms with van der Waals surface area (Å²) in [6, 6.07) is 12.2. The lowest BCUT2D eigenvalue weighted by Gasteiger charge is -2.03. The molecule has 0 unspecified atom stereocenters. The molecular weight excluding hydrogens is 334 g/mol. The first-order valence-electron chi connectivity index (χ1n) is 7.83. The van der Waals surface area contributed by atoms with Gasteiger partial charge in [0.1, 0.15) is 16.8 Å². The van der Waals surface area contributed by atoms with Gasteiger partial charge < -0.3 is 9.73 Å². The third-order valence-electron chi connectivity index (χ3n) is 3.77. The number of fused-ring (bicyclic) bond motifs is 1. The summed E-state index contributed by atoms with van der Waals surface area (Å²) in [4.78, 5) is 28.3. The second-order valence-corrected chi connectivity index (χ2v) is 5.53. The van der Waals surface area contributed by atoms with Crippen LogP contribution >= 0.6 is 0 Å². The maximum absolute atomic E-state index is 12.3. The van der Waals surface area contributed by atoms with Crippen molar-refractivity contribution in [1.29, 1.82) is 0 Å². The van der Waals surface area contributed by atoms with Crippen molar-refractivity contribution < 1.29 is 9.21 Å². The quantitative estimate of drug-likeness (QED) is 0.564. The number of carbonyl (C=O) groups excluding carboxylic acids is 1. The van der Waals surface area contributed by atoms with Gasteiger partial charge in [0.05, 0.1) is 24.6 Å². The Morgan fingerprint density at radius 2 is 2.08 bits per heavy atom. The Hall–Kier alpha value is -3.81. The molecule has 26 heavy (non-hydrogen) atoms. The maximum Gasteiger partial charge on any atom is 0.349 e. The van der Waals surface area contributed by atoms with Gasteiger partial charge >= 0.3 is 5.63 Å². The molecule has 128 valence electrons. The molecule has 3 aromatic heterocycles. The van der Waals surface area contributed by atoms with Gasteiger partial charge in [-0.2, -0.15) is 0 Å². The van der Waals surface area contributed by atoms with Crippen LogP contribution in [0.3, 0.4) is 0 Å². The van der Waals surface area contributed by atoms with E-state index in [1.54, 1.807) is 53.6 Å². The Balaban J connectivity index is 1.50. The van der Waals surface area contributed by atoms with Gasteiger partial charge in [0, 0.05) is 11.6 Å². The molecule has 0 spiro atoms. The number of amides is 1. The molecule has 0 aliphatic rings. The topological polar surface area (TPSA) is 103 Å². The maximum atomic E-state index is 12.3. The van der Waals surface area contributed by atoms with Gasteiger partial charge in [-0.05, 0) is 24.3 Å². The van der Waals surface area contributed by atoms with E-state index in [4.69, 9.17) is 4.42 Å². The Bertz CT molecular complexity index is 1130. The molecule has 0 radical (unpaired) electrons. The number of rotatable bonds is 4. The van der Waals surface area contributed by atoms with Crippen LogP contribution in [-0.4, -0.2) is 25.9 Å². The van der Waals surface area contributed by atoms with Gasteiger partial charge in [-0.15, -0.1) is 5.10 Å². The number of pyridine rings is 1. The van der Waals surface area contributed by atoms with Crippen LogP contribution in [0.15, 0.2) is 70.3 Å². The lowest BCUT2D eigenvalue weighted by molar-refractivity contribution is 0.0947. The van der Waals surface area contributed by atoms with Gasteiger partial charge in [0.25, 0.3) is 5.91 Å². The SMILES string of the molecule is O=C(NCc1cn(-c2cccnc2)nn1)c1cc2ccccc2oc1=O. The number of hydrogen-bond donors (Lipinski definition) is 1. The zero-order chi connectivity index (χ0) is 17.9. The van der Waals surface area contributed by atoms with E-state index in [9.17, 15) is 9.59 Å². The van der Waals surface area contributed by atoms with Gasteiger partial charge in [0.15, 0.2) is 0 Å². The summed E-state index contributed by atoms with van der Waals surface area (Å²) in [5, 5.41) is 11.3. The third-order valence-corrected chi connectivity index (χ3v) is 3.77. The Kier molecular flexibility index (Phi) is 3.98. The molecule has 0 bridgehead atoms. The van der Waals surface area contributed by atoms with Crippen LogP contribution in [0.2, 0.25) is 0 Å². The molecule has 1 amide bonds. The normalized spacial score (nSPS) is 10.8. The second-order valence-electron chi connectivity index (χ2n) is 5.53. The number of carbonyl (C=O) groups is 1. The van der Waals surface area contributed by atoms with Gasteiger partial charge in [-0.3, -0.25) is 9.78 Å². The average molecular weight is 347 g/mol. The summed E-state index contributed by atoms with van der Waals surface area (Å²) >= 11 is 0. The summed E-state index contributed by atoms with van der Waals surface area (Å²) < 4.78 is 6.73. The molecule has 3 heterocycles. The van der Waals surface area contributed by atoms with Crippen LogP contribution < -0.4 is 10.9 Å². The Morgan fingerprint density at radius 1 is 1.19 bits per heavy atom. The minimum atomic E-state index is -0.680. The Morgan fingerprint density at radius 3 is 2.92 bits per heavy atom. The summed E-state index contributed by atoms with van der Waals surface area (Å²) in [5.41, 5.74) is 1.01. The van der Waals surface area contributed by atoms with Crippen molar-refractivity contribution in [3.63, 3.8) is 0 Å². The van der Waals surface area contributed by atoms with E-state index < -0.39 is 11.5 Å². The van der Waals surface area contributed by atoms with Crippen LogP contribution in [0.1, 0.15) is 16.1 Å². The summed E-state index contributed by atoms with van der Waals surface area (Å²) in [6.07, 6.45) is 4.99. The molecule has 1 N–H and O–H groups in total. The van der Waals surface area contributed by atoms with Crippen molar-refractivity contribution in [3.8, 4) is 5.69 Å². The number of aromatic nitrogens is 4. The molecule has 8 nitrogen and oxygen atoms in total. The van der Waals surface area contributed by atoms with E-state index in [1.165, 1.54) is 6.07 Å². The molecule has 8 heteroatoms. The first kappa shape index (κ1) is 15.7. The minimum Gasteiger partial charge on any atom is -0.422 e. The predicted molar refractivity (Wildman–Crippen MR) is 92.8 cm³/mol. The molecule has 0 saturated heterocycles. The van der Waals surface area contributed by atoms with Gasteiger partial charge in [0.2, 0.25) is 0 Å². The number of para-hydroxylation sites is 1. The largest absolute Gasteiger partial charge is 0.422 e. The van der Waals surface area contributed by atoms with E-state index in [1.807, 2.05) is 6.07 Å². The van der Waals surface area contributed by atoms with E-state index in [0.717, 1.165) is 5.69 Å². The minimum absolute atomic E-state index is 0.0525. The fraction of sp³-hybridized carbons (Fsp3) is 0.0556. The monoisotopic (exact) mass is 347 g/mol. The molecule has 0 atom stereocenters. The van der Waals surface area contributed by atoms with Gasteiger partial charge in [-0.1, -0.05) is 23.4 Å². The fourth-order valence-electron chi connectivity index (χ4n) is 2.48. The molecule has 1 aromatic carbocycles. The molecule has 0 saturated carbocycles. The number of nitrogens with one attached hydrogen (secondary N) is 1. The van der Waals surface area contributed by atoms with E-state index in [0.29, 0.717) is 16.7 Å². The first-order valence-corrected chi connectivity index (χ1v) is 7.83. The summed E-state index contributed by atoms with van der Waals surface area (Å²) in [6.45, 7) is 0.130. The standard InChI is InChI=1S/C18H13N5O3/c24-17(15-8-12-4-1-2-6-16(12)26-18(15)25)20-9-13-11-23(22-21-13)14-5-3-7-19-10-14/h1-8,10-11H,9H2,(H,20,24). The third kappa shape index (κ3) is 3.07. The summed E-state index contributed by atoms with van der Waals surface area (Å²) in [5.74, 6) is -0.527. The van der Waals surface area contributed by atoms with Crippen molar-refractivity contribution in [2.75, 3.05) is 0 Å². The van der Waals surface area contributed by atoms with Crippen molar-refractivity contribution in [1.82, 2.24) is 25.3 Å². The predicted octanol–water partition coefficient (Wildman–Crippen LogP) is 1.70. The average Bonchev–Trinajstić information content (AvgIpc) is 3.15. The van der Waals surface area contributed by atoms with Crippen molar-refractivity contribution >= 4 is 16.9 Å². The molecule has 0 fully saturated rings. The van der Waals surface area contributed by atoms with Crippen LogP contribution in [0.4, 0.5) is 0 Å². The lowest BCUT2D eigenvalue weighted by atomic mass is 10.2. The lowest BCUT2D eigenvalue weighted by Crippen LogP contribution is -2.28. The highest BCUT2D eigenvalue weighted by molar-refractivity contribution is 5.96. The van der Waals surface area contributed by atoms with Crippen molar-refractivity contribution in [3.05, 3.63) is 82.7 Å². The zero-order valence-corrected chi connectivity index (χ0v) is 13.5. The van der Waals surface area contributed by atoms with Gasteiger partial charge in [-0.25, -0.2) is 9.48 Å². The van der Waals surface area contributed by atoms with Crippen molar-refractivity contribution in [2.45, 2.75) is 6.54 Å². The van der Waals surface area contributed by atoms with Crippen LogP contribution in [0.25, 0.3) is 16.7 Å². The number of nitrogens with zero attached hydrogens (tertiary/aromatic N) is 4. The summed E-state index contributed by atoms with van der Waals surface area (Å²) in [7, 11) is 0. The smallest absolute Gasteiger partial charge is 0.349 e. The molecular formula is C18H13N5O3. The van der Waals surface area contributed by atoms with Crippen LogP contribution in [0.5, 0.6) is 0 Å². The Labute approximate surface area is 147 Å². The fourth-order valence-corrected chi connectivity index (χ4v) is 2.48. The highest BCUT2D eigenvalue weighted by Crippen LogP contribution is 2.12. The molecule has 0 aliphatic carbocycles. The molecule has 0 aliphatic heterocycles. The zero-order valence-electron chi connectivity index (χ0n) is 13.5. The van der Waals surface area contributed by atoms with Crippen LogP contribution in [-0.2, 0) is 6.54 Å². The van der Waals surface area contributed by atoms with Crippen LogP contribution in [0, 0.1) is 0 Å². The van der Waals surface area contributed by atoms with E-state index >= 15 is 0 Å². The van der Waals surface area contributed by atoms with E-state index in [2.05, 4.69) is 20.6 Å². The molecule has 4 aromatic rings.